The molecule has 0 saturated carbocycles. The molecule has 0 heterocycles. The van der Waals surface area contributed by atoms with Crippen molar-refractivity contribution in [2.45, 2.75) is 19.3 Å². The number of amides is 2. The summed E-state index contributed by atoms with van der Waals surface area (Å²) in [5.74, 6) is -1.05. The Morgan fingerprint density at radius 2 is 1.81 bits per heavy atom. The van der Waals surface area contributed by atoms with E-state index in [1.807, 2.05) is 0 Å². The first-order valence-corrected chi connectivity index (χ1v) is 6.50. The second-order valence-electron chi connectivity index (χ2n) is 4.33. The van der Waals surface area contributed by atoms with Crippen molar-refractivity contribution in [1.29, 1.82) is 0 Å². The zero-order chi connectivity index (χ0) is 15.7. The molecular formula is C14H18N2O5. The molecule has 7 heteroatoms. The van der Waals surface area contributed by atoms with Crippen molar-refractivity contribution >= 4 is 17.8 Å². The summed E-state index contributed by atoms with van der Waals surface area (Å²) in [7, 11) is 0. The van der Waals surface area contributed by atoms with Crippen LogP contribution in [0.1, 0.15) is 29.6 Å². The molecule has 1 aromatic carbocycles. The number of carbonyl (C=O) groups excluding carboxylic acids is 2. The van der Waals surface area contributed by atoms with Gasteiger partial charge in [0.15, 0.2) is 0 Å². The van der Waals surface area contributed by atoms with Gasteiger partial charge >= 0.3 is 5.97 Å². The minimum absolute atomic E-state index is 0.0307. The van der Waals surface area contributed by atoms with Crippen molar-refractivity contribution in [1.82, 2.24) is 5.32 Å². The van der Waals surface area contributed by atoms with E-state index in [1.165, 1.54) is 0 Å². The van der Waals surface area contributed by atoms with Crippen LogP contribution < -0.4 is 15.8 Å². The molecule has 0 aliphatic heterocycles. The molecule has 2 amide bonds. The highest BCUT2D eigenvalue weighted by molar-refractivity contribution is 5.92. The van der Waals surface area contributed by atoms with Gasteiger partial charge in [0.25, 0.3) is 0 Å². The Labute approximate surface area is 122 Å². The molecule has 21 heavy (non-hydrogen) atoms. The maximum Gasteiger partial charge on any atom is 0.303 e. The number of primary amides is 1. The lowest BCUT2D eigenvalue weighted by atomic mass is 10.2. The number of rotatable bonds is 9. The first-order chi connectivity index (χ1) is 9.99. The van der Waals surface area contributed by atoms with Crippen LogP contribution in [0, 0.1) is 0 Å². The number of ether oxygens (including phenoxy) is 1. The molecule has 0 aromatic heterocycles. The van der Waals surface area contributed by atoms with Crippen LogP contribution in [0.4, 0.5) is 0 Å². The van der Waals surface area contributed by atoms with Gasteiger partial charge in [0.2, 0.25) is 11.8 Å². The Kier molecular flexibility index (Phi) is 6.73. The van der Waals surface area contributed by atoms with E-state index in [0.29, 0.717) is 24.3 Å². The van der Waals surface area contributed by atoms with Gasteiger partial charge in [0.1, 0.15) is 5.75 Å². The van der Waals surface area contributed by atoms with E-state index < -0.39 is 11.9 Å². The number of nitrogens with one attached hydrogen (secondary N) is 1. The Hall–Kier alpha value is -2.57. The Morgan fingerprint density at radius 3 is 2.38 bits per heavy atom. The number of hydrogen-bond donors (Lipinski definition) is 3. The molecule has 1 rings (SSSR count). The molecule has 0 atom stereocenters. The molecule has 0 radical (unpaired) electrons. The van der Waals surface area contributed by atoms with Gasteiger partial charge in [-0.1, -0.05) is 0 Å². The number of benzene rings is 1. The van der Waals surface area contributed by atoms with E-state index in [0.717, 1.165) is 0 Å². The molecule has 0 saturated heterocycles. The van der Waals surface area contributed by atoms with Crippen molar-refractivity contribution in [3.63, 3.8) is 0 Å². The highest BCUT2D eigenvalue weighted by Crippen LogP contribution is 2.11. The average molecular weight is 294 g/mol. The maximum absolute atomic E-state index is 11.4. The van der Waals surface area contributed by atoms with Crippen LogP contribution in [-0.4, -0.2) is 36.0 Å². The van der Waals surface area contributed by atoms with E-state index in [4.69, 9.17) is 15.6 Å². The lowest BCUT2D eigenvalue weighted by Crippen LogP contribution is -2.26. The molecule has 0 aliphatic carbocycles. The minimum Gasteiger partial charge on any atom is -0.493 e. The van der Waals surface area contributed by atoms with Crippen LogP contribution in [0.2, 0.25) is 0 Å². The summed E-state index contributed by atoms with van der Waals surface area (Å²) in [5, 5.41) is 11.0. The summed E-state index contributed by atoms with van der Waals surface area (Å²) in [6.45, 7) is 0.527. The predicted octanol–water partition coefficient (Wildman–Crippen LogP) is 0.535. The van der Waals surface area contributed by atoms with Crippen molar-refractivity contribution in [3.8, 4) is 5.75 Å². The third-order valence-electron chi connectivity index (χ3n) is 2.63. The van der Waals surface area contributed by atoms with Crippen molar-refractivity contribution in [3.05, 3.63) is 29.8 Å². The van der Waals surface area contributed by atoms with Crippen LogP contribution in [0.3, 0.4) is 0 Å². The average Bonchev–Trinajstić information content (AvgIpc) is 2.44. The summed E-state index contributed by atoms with van der Waals surface area (Å²) in [6, 6.07) is 6.29. The van der Waals surface area contributed by atoms with Crippen molar-refractivity contribution in [2.24, 2.45) is 5.73 Å². The van der Waals surface area contributed by atoms with Gasteiger partial charge in [-0.2, -0.15) is 0 Å². The lowest BCUT2D eigenvalue weighted by Gasteiger charge is -2.07. The number of carbonyl (C=O) groups is 3. The molecule has 0 fully saturated rings. The predicted molar refractivity (Wildman–Crippen MR) is 75.0 cm³/mol. The van der Waals surface area contributed by atoms with Gasteiger partial charge in [0.05, 0.1) is 13.0 Å². The van der Waals surface area contributed by atoms with E-state index in [-0.39, 0.29) is 25.4 Å². The summed E-state index contributed by atoms with van der Waals surface area (Å²) >= 11 is 0. The quantitative estimate of drug-likeness (QED) is 0.574. The van der Waals surface area contributed by atoms with Crippen LogP contribution >= 0.6 is 0 Å². The van der Waals surface area contributed by atoms with Crippen LogP contribution in [0.5, 0.6) is 5.75 Å². The molecule has 0 spiro atoms. The Bertz CT molecular complexity index is 499. The third-order valence-corrected chi connectivity index (χ3v) is 2.63. The topological polar surface area (TPSA) is 119 Å². The summed E-state index contributed by atoms with van der Waals surface area (Å²) < 4.78 is 5.35. The monoisotopic (exact) mass is 294 g/mol. The van der Waals surface area contributed by atoms with Crippen LogP contribution in [-0.2, 0) is 9.59 Å². The summed E-state index contributed by atoms with van der Waals surface area (Å²) in [5.41, 5.74) is 5.50. The van der Waals surface area contributed by atoms with Gasteiger partial charge in [-0.25, -0.2) is 0 Å². The normalized spacial score (nSPS) is 9.90. The largest absolute Gasteiger partial charge is 0.493 e. The third kappa shape index (κ3) is 6.95. The van der Waals surface area contributed by atoms with Gasteiger partial charge in [0, 0.05) is 18.5 Å². The molecule has 7 nitrogen and oxygen atoms in total. The number of nitrogens with two attached hydrogens (primary N) is 1. The summed E-state index contributed by atoms with van der Waals surface area (Å²) in [4.78, 5) is 32.6. The number of carboxylic acid groups (broad SMARTS) is 1. The minimum atomic E-state index is -0.882. The van der Waals surface area contributed by atoms with Crippen LogP contribution in [0.25, 0.3) is 0 Å². The molecule has 1 aromatic rings. The number of carboxylic acids is 1. The molecule has 0 unspecified atom stereocenters. The Morgan fingerprint density at radius 1 is 1.14 bits per heavy atom. The number of hydrogen-bond acceptors (Lipinski definition) is 4. The van der Waals surface area contributed by atoms with E-state index in [1.54, 1.807) is 24.3 Å². The Balaban J connectivity index is 2.19. The fraction of sp³-hybridized carbons (Fsp3) is 0.357. The van der Waals surface area contributed by atoms with Crippen molar-refractivity contribution in [2.75, 3.05) is 13.2 Å². The first-order valence-electron chi connectivity index (χ1n) is 6.50. The standard InChI is InChI=1S/C14H18N2O5/c15-14(20)10-3-5-11(6-4-10)21-9-7-12(17)16-8-1-2-13(18)19/h3-6H,1-2,7-9H2,(H2,15,20)(H,16,17)(H,18,19). The molecule has 0 bridgehead atoms. The molecule has 114 valence electrons. The fourth-order valence-corrected chi connectivity index (χ4v) is 1.53. The van der Waals surface area contributed by atoms with E-state index >= 15 is 0 Å². The molecule has 0 aliphatic rings. The maximum atomic E-state index is 11.4. The SMILES string of the molecule is NC(=O)c1ccc(OCCC(=O)NCCCC(=O)O)cc1. The lowest BCUT2D eigenvalue weighted by molar-refractivity contribution is -0.137. The van der Waals surface area contributed by atoms with Gasteiger partial charge in [-0.3, -0.25) is 14.4 Å². The zero-order valence-corrected chi connectivity index (χ0v) is 11.5. The highest BCUT2D eigenvalue weighted by Gasteiger charge is 2.04. The molecular weight excluding hydrogens is 276 g/mol. The smallest absolute Gasteiger partial charge is 0.303 e. The highest BCUT2D eigenvalue weighted by atomic mass is 16.5. The first kappa shape index (κ1) is 16.5. The fourth-order valence-electron chi connectivity index (χ4n) is 1.53. The van der Waals surface area contributed by atoms with E-state index in [2.05, 4.69) is 5.32 Å². The summed E-state index contributed by atoms with van der Waals surface area (Å²) in [6.07, 6.45) is 0.601. The van der Waals surface area contributed by atoms with Gasteiger partial charge in [-0.05, 0) is 30.7 Å². The van der Waals surface area contributed by atoms with Crippen LogP contribution in [0.15, 0.2) is 24.3 Å². The number of aliphatic carboxylic acids is 1. The second kappa shape index (κ2) is 8.57. The van der Waals surface area contributed by atoms with E-state index in [9.17, 15) is 14.4 Å². The second-order valence-corrected chi connectivity index (χ2v) is 4.33. The van der Waals surface area contributed by atoms with Gasteiger partial charge in [-0.15, -0.1) is 0 Å². The zero-order valence-electron chi connectivity index (χ0n) is 11.5. The van der Waals surface area contributed by atoms with Crippen molar-refractivity contribution < 1.29 is 24.2 Å². The van der Waals surface area contributed by atoms with Gasteiger partial charge < -0.3 is 20.9 Å². The molecule has 4 N–H and O–H groups in total.